The van der Waals surface area contributed by atoms with Gasteiger partial charge in [0.05, 0.1) is 12.5 Å². The van der Waals surface area contributed by atoms with E-state index in [2.05, 4.69) is 6.07 Å². The van der Waals surface area contributed by atoms with E-state index in [0.717, 1.165) is 49.2 Å². The zero-order chi connectivity index (χ0) is 15.0. The lowest BCUT2D eigenvalue weighted by molar-refractivity contribution is -0.133. The summed E-state index contributed by atoms with van der Waals surface area (Å²) in [5.41, 5.74) is 7.64. The first-order valence-electron chi connectivity index (χ1n) is 7.75. The van der Waals surface area contributed by atoms with E-state index in [-0.39, 0.29) is 11.3 Å². The van der Waals surface area contributed by atoms with Crippen molar-refractivity contribution in [1.82, 2.24) is 4.90 Å². The quantitative estimate of drug-likeness (QED) is 0.920. The predicted molar refractivity (Wildman–Crippen MR) is 82.4 cm³/mol. The van der Waals surface area contributed by atoms with E-state index in [9.17, 15) is 4.79 Å². The van der Waals surface area contributed by atoms with Crippen molar-refractivity contribution in [1.29, 1.82) is 0 Å². The fourth-order valence-electron chi connectivity index (χ4n) is 3.38. The van der Waals surface area contributed by atoms with E-state index in [4.69, 9.17) is 10.5 Å². The number of likely N-dealkylation sites (tertiary alicyclic amines) is 1. The lowest BCUT2D eigenvalue weighted by Gasteiger charge is -2.24. The van der Waals surface area contributed by atoms with Crippen molar-refractivity contribution in [3.63, 3.8) is 0 Å². The molecule has 0 spiro atoms. The molecule has 1 atom stereocenters. The van der Waals surface area contributed by atoms with Gasteiger partial charge in [0, 0.05) is 13.1 Å². The Morgan fingerprint density at radius 3 is 2.81 bits per heavy atom. The molecule has 1 aliphatic carbocycles. The Kier molecular flexibility index (Phi) is 3.66. The Balaban J connectivity index is 1.82. The van der Waals surface area contributed by atoms with Crippen molar-refractivity contribution < 1.29 is 9.53 Å². The smallest absolute Gasteiger partial charge is 0.233 e. The van der Waals surface area contributed by atoms with Crippen LogP contribution >= 0.6 is 0 Å². The van der Waals surface area contributed by atoms with E-state index in [1.165, 1.54) is 0 Å². The topological polar surface area (TPSA) is 55.6 Å². The van der Waals surface area contributed by atoms with E-state index in [0.29, 0.717) is 12.5 Å². The number of hydrogen-bond donors (Lipinski definition) is 1. The summed E-state index contributed by atoms with van der Waals surface area (Å²) in [6.07, 6.45) is 2.93. The molecule has 0 aromatic heterocycles. The molecule has 1 saturated heterocycles. The molecule has 0 bridgehead atoms. The third-order valence-electron chi connectivity index (χ3n) is 5.03. The highest BCUT2D eigenvalue weighted by atomic mass is 16.5. The van der Waals surface area contributed by atoms with Crippen LogP contribution in [-0.4, -0.2) is 37.6 Å². The lowest BCUT2D eigenvalue weighted by atomic mass is 9.93. The van der Waals surface area contributed by atoms with Gasteiger partial charge in [-0.2, -0.15) is 0 Å². The third-order valence-corrected chi connectivity index (χ3v) is 5.03. The number of benzene rings is 1. The summed E-state index contributed by atoms with van der Waals surface area (Å²) in [6, 6.07) is 6.17. The molecule has 1 aromatic rings. The Hall–Kier alpha value is -1.55. The number of ether oxygens (including phenoxy) is 1. The largest absolute Gasteiger partial charge is 0.496 e. The standard InChI is InChI=1S/C17H24N2O2/c1-12-3-4-14(9-15(12)21-2)17(6-7-17)16(20)19-8-5-13(10-18)11-19/h3-4,9,13H,5-8,10-11,18H2,1-2H3/t13-/m1/s1. The molecule has 1 heterocycles. The van der Waals surface area contributed by atoms with Crippen LogP contribution < -0.4 is 10.5 Å². The Morgan fingerprint density at radius 1 is 1.48 bits per heavy atom. The summed E-state index contributed by atoms with van der Waals surface area (Å²) < 4.78 is 5.41. The first-order chi connectivity index (χ1) is 10.1. The molecule has 4 heteroatoms. The summed E-state index contributed by atoms with van der Waals surface area (Å²) in [6.45, 7) is 4.37. The number of nitrogens with zero attached hydrogens (tertiary/aromatic N) is 1. The maximum absolute atomic E-state index is 12.9. The molecule has 1 amide bonds. The van der Waals surface area contributed by atoms with Gasteiger partial charge in [-0.3, -0.25) is 4.79 Å². The monoisotopic (exact) mass is 288 g/mol. The third kappa shape index (κ3) is 2.42. The summed E-state index contributed by atoms with van der Waals surface area (Å²) in [7, 11) is 1.68. The zero-order valence-electron chi connectivity index (χ0n) is 12.9. The van der Waals surface area contributed by atoms with Crippen molar-refractivity contribution in [3.8, 4) is 5.75 Å². The molecule has 2 fully saturated rings. The molecular weight excluding hydrogens is 264 g/mol. The van der Waals surface area contributed by atoms with Gasteiger partial charge < -0.3 is 15.4 Å². The van der Waals surface area contributed by atoms with Gasteiger partial charge >= 0.3 is 0 Å². The number of carbonyl (C=O) groups excluding carboxylic acids is 1. The van der Waals surface area contributed by atoms with Gasteiger partial charge in [0.15, 0.2) is 0 Å². The highest BCUT2D eigenvalue weighted by molar-refractivity contribution is 5.91. The molecule has 0 unspecified atom stereocenters. The van der Waals surface area contributed by atoms with Crippen molar-refractivity contribution >= 4 is 5.91 Å². The summed E-state index contributed by atoms with van der Waals surface area (Å²) >= 11 is 0. The fraction of sp³-hybridized carbons (Fsp3) is 0.588. The van der Waals surface area contributed by atoms with E-state index in [1.54, 1.807) is 7.11 Å². The molecule has 4 nitrogen and oxygen atoms in total. The van der Waals surface area contributed by atoms with Crippen LogP contribution in [0.2, 0.25) is 0 Å². The van der Waals surface area contributed by atoms with Crippen molar-refractivity contribution in [3.05, 3.63) is 29.3 Å². The Labute approximate surface area is 126 Å². The molecule has 1 aliphatic heterocycles. The molecule has 1 aromatic carbocycles. The van der Waals surface area contributed by atoms with Gasteiger partial charge in [-0.1, -0.05) is 12.1 Å². The van der Waals surface area contributed by atoms with Gasteiger partial charge in [0.2, 0.25) is 5.91 Å². The maximum atomic E-state index is 12.9. The van der Waals surface area contributed by atoms with E-state index in [1.807, 2.05) is 24.0 Å². The second-order valence-electron chi connectivity index (χ2n) is 6.41. The van der Waals surface area contributed by atoms with Crippen LogP contribution in [0.3, 0.4) is 0 Å². The van der Waals surface area contributed by atoms with Crippen LogP contribution in [0.1, 0.15) is 30.4 Å². The molecule has 21 heavy (non-hydrogen) atoms. The second kappa shape index (κ2) is 5.34. The highest BCUT2D eigenvalue weighted by Gasteiger charge is 2.53. The average Bonchev–Trinajstić information content (AvgIpc) is 3.17. The zero-order valence-corrected chi connectivity index (χ0v) is 12.9. The average molecular weight is 288 g/mol. The lowest BCUT2D eigenvalue weighted by Crippen LogP contribution is -2.38. The summed E-state index contributed by atoms with van der Waals surface area (Å²) in [5, 5.41) is 0. The van der Waals surface area contributed by atoms with Crippen LogP contribution in [0.4, 0.5) is 0 Å². The van der Waals surface area contributed by atoms with Gasteiger partial charge in [-0.15, -0.1) is 0 Å². The Morgan fingerprint density at radius 2 is 2.24 bits per heavy atom. The van der Waals surface area contributed by atoms with Crippen LogP contribution in [0, 0.1) is 12.8 Å². The first-order valence-corrected chi connectivity index (χ1v) is 7.75. The van der Waals surface area contributed by atoms with Gasteiger partial charge in [0.1, 0.15) is 5.75 Å². The van der Waals surface area contributed by atoms with Crippen molar-refractivity contribution in [2.45, 2.75) is 31.6 Å². The molecule has 3 rings (SSSR count). The minimum Gasteiger partial charge on any atom is -0.496 e. The normalized spacial score (nSPS) is 23.2. The number of hydrogen-bond acceptors (Lipinski definition) is 3. The van der Waals surface area contributed by atoms with Crippen LogP contribution in [0.25, 0.3) is 0 Å². The fourth-order valence-corrected chi connectivity index (χ4v) is 3.38. The molecule has 2 aliphatic rings. The number of methoxy groups -OCH3 is 1. The minimum atomic E-state index is -0.301. The van der Waals surface area contributed by atoms with Crippen molar-refractivity contribution in [2.75, 3.05) is 26.7 Å². The number of rotatable bonds is 4. The van der Waals surface area contributed by atoms with E-state index >= 15 is 0 Å². The molecule has 114 valence electrons. The van der Waals surface area contributed by atoms with Gasteiger partial charge in [0.25, 0.3) is 0 Å². The molecule has 0 radical (unpaired) electrons. The number of amides is 1. The predicted octanol–water partition coefficient (Wildman–Crippen LogP) is 1.84. The molecule has 1 saturated carbocycles. The van der Waals surface area contributed by atoms with Crippen LogP contribution in [0.15, 0.2) is 18.2 Å². The second-order valence-corrected chi connectivity index (χ2v) is 6.41. The highest BCUT2D eigenvalue weighted by Crippen LogP contribution is 2.51. The number of carbonyl (C=O) groups is 1. The SMILES string of the molecule is COc1cc(C2(C(=O)N3CC[C@H](CN)C3)CC2)ccc1C. The summed E-state index contributed by atoms with van der Waals surface area (Å²) in [5.74, 6) is 1.62. The molecule has 2 N–H and O–H groups in total. The van der Waals surface area contributed by atoms with Crippen LogP contribution in [-0.2, 0) is 10.2 Å². The minimum absolute atomic E-state index is 0.282. The summed E-state index contributed by atoms with van der Waals surface area (Å²) in [4.78, 5) is 14.9. The van der Waals surface area contributed by atoms with Gasteiger partial charge in [-0.25, -0.2) is 0 Å². The van der Waals surface area contributed by atoms with Gasteiger partial charge in [-0.05, 0) is 55.8 Å². The Bertz CT molecular complexity index is 552. The molecular formula is C17H24N2O2. The van der Waals surface area contributed by atoms with Crippen molar-refractivity contribution in [2.24, 2.45) is 11.7 Å². The van der Waals surface area contributed by atoms with Crippen LogP contribution in [0.5, 0.6) is 5.75 Å². The maximum Gasteiger partial charge on any atom is 0.233 e. The number of nitrogens with two attached hydrogens (primary N) is 1. The van der Waals surface area contributed by atoms with E-state index < -0.39 is 0 Å². The number of aryl methyl sites for hydroxylation is 1. The first kappa shape index (κ1) is 14.4.